The molecule has 0 aliphatic carbocycles. The van der Waals surface area contributed by atoms with Crippen molar-refractivity contribution in [2.45, 2.75) is 21.4 Å². The van der Waals surface area contributed by atoms with E-state index in [2.05, 4.69) is 0 Å². The number of esters is 1. The molecule has 0 N–H and O–H groups in total. The molecule has 1 aliphatic rings. The Hall–Kier alpha value is -0.310. The number of halogens is 1. The van der Waals surface area contributed by atoms with Crippen LogP contribution in [-0.2, 0) is 9.53 Å². The van der Waals surface area contributed by atoms with Crippen LogP contribution in [0.3, 0.4) is 0 Å². The average molecular weight is 267 g/mol. The van der Waals surface area contributed by atoms with E-state index in [9.17, 15) is 4.79 Å². The molecule has 0 radical (unpaired) electrons. The van der Waals surface area contributed by atoms with Crippen molar-refractivity contribution in [3.63, 3.8) is 0 Å². The number of ether oxygens (including phenoxy) is 1. The molecule has 1 heterocycles. The Morgan fingerprint density at radius 3 is 2.45 bits per heavy atom. The number of hydrogen-bond acceptors (Lipinski definition) is 3. The van der Waals surface area contributed by atoms with E-state index in [1.807, 2.05) is 24.8 Å². The fraction of sp³-hybridized carbons (Fsp3) is 0.714. The monoisotopic (exact) mass is 267 g/mol. The van der Waals surface area contributed by atoms with E-state index in [1.54, 1.807) is 0 Å². The molecule has 0 aromatic heterocycles. The van der Waals surface area contributed by atoms with Crippen LogP contribution < -0.4 is 0 Å². The van der Waals surface area contributed by atoms with Crippen LogP contribution in [0.25, 0.3) is 0 Å². The predicted molar refractivity (Wildman–Crippen MR) is 49.5 cm³/mol. The molecule has 1 atom stereocenters. The normalized spacial score (nSPS) is 31.3. The van der Waals surface area contributed by atoms with Crippen LogP contribution in [0, 0.1) is 11.3 Å². The summed E-state index contributed by atoms with van der Waals surface area (Å²) in [4.78, 5) is 13.0. The quantitative estimate of drug-likeness (QED) is 0.377. The van der Waals surface area contributed by atoms with Crippen LogP contribution in [-0.4, -0.2) is 18.4 Å². The first-order valence-electron chi connectivity index (χ1n) is 3.20. The second-order valence-electron chi connectivity index (χ2n) is 2.79. The third-order valence-corrected chi connectivity index (χ3v) is 8.68. The summed E-state index contributed by atoms with van der Waals surface area (Å²) in [7, 11) is 0. The number of cyclic esters (lactones) is 1. The van der Waals surface area contributed by atoms with Crippen molar-refractivity contribution in [2.75, 3.05) is 4.93 Å². The van der Waals surface area contributed by atoms with E-state index in [1.165, 1.54) is 0 Å². The number of nitrogens with zero attached hydrogens (tertiary/aromatic N) is 1. The molecule has 1 fully saturated rings. The van der Waals surface area contributed by atoms with Crippen LogP contribution in [0.1, 0.15) is 13.8 Å². The summed E-state index contributed by atoms with van der Waals surface area (Å²) in [5, 5.41) is 8.63. The van der Waals surface area contributed by atoms with Crippen molar-refractivity contribution in [1.82, 2.24) is 0 Å². The second kappa shape index (κ2) is 2.63. The zero-order chi connectivity index (χ0) is 8.65. The molecular formula is C7H10INO2. The standard InChI is InChI=1S/C7H10INO2/c1-7(2)8(3)5(4-9)6(10)11-7/h5H,1-3H3/t5-/m0/s1. The number of carbonyl (C=O) groups excluding carboxylic acids is 1. The van der Waals surface area contributed by atoms with Gasteiger partial charge in [0.25, 0.3) is 0 Å². The van der Waals surface area contributed by atoms with Crippen molar-refractivity contribution in [3.05, 3.63) is 0 Å². The van der Waals surface area contributed by atoms with Crippen molar-refractivity contribution in [1.29, 1.82) is 5.26 Å². The Morgan fingerprint density at radius 1 is 1.73 bits per heavy atom. The van der Waals surface area contributed by atoms with Crippen LogP contribution in [0.2, 0.25) is 0 Å². The van der Waals surface area contributed by atoms with Gasteiger partial charge < -0.3 is 0 Å². The van der Waals surface area contributed by atoms with Crippen molar-refractivity contribution in [2.24, 2.45) is 0 Å². The van der Waals surface area contributed by atoms with Gasteiger partial charge >= 0.3 is 73.0 Å². The maximum absolute atomic E-state index is 11.0. The first kappa shape index (κ1) is 8.78. The first-order chi connectivity index (χ1) is 4.99. The molecule has 1 aliphatic heterocycles. The van der Waals surface area contributed by atoms with Gasteiger partial charge in [-0.05, 0) is 0 Å². The molecule has 0 aromatic carbocycles. The maximum atomic E-state index is 11.0. The number of carbonyl (C=O) groups is 1. The zero-order valence-electron chi connectivity index (χ0n) is 6.72. The van der Waals surface area contributed by atoms with Gasteiger partial charge in [-0.25, -0.2) is 0 Å². The molecule has 0 saturated carbocycles. The molecule has 1 saturated heterocycles. The zero-order valence-corrected chi connectivity index (χ0v) is 8.88. The fourth-order valence-corrected chi connectivity index (χ4v) is 4.25. The molecule has 3 nitrogen and oxygen atoms in total. The Bertz CT molecular complexity index is 231. The Kier molecular flexibility index (Phi) is 2.10. The number of hydrogen-bond donors (Lipinski definition) is 0. The molecule has 4 heteroatoms. The van der Waals surface area contributed by atoms with Gasteiger partial charge in [0.1, 0.15) is 0 Å². The number of alkyl halides is 3. The molecule has 11 heavy (non-hydrogen) atoms. The van der Waals surface area contributed by atoms with Crippen LogP contribution in [0.4, 0.5) is 0 Å². The number of nitriles is 1. The summed E-state index contributed by atoms with van der Waals surface area (Å²) in [5.74, 6) is -0.315. The second-order valence-corrected chi connectivity index (χ2v) is 9.58. The van der Waals surface area contributed by atoms with E-state index in [0.29, 0.717) is 0 Å². The molecule has 0 bridgehead atoms. The van der Waals surface area contributed by atoms with Gasteiger partial charge in [-0.3, -0.25) is 0 Å². The molecule has 0 spiro atoms. The van der Waals surface area contributed by atoms with Gasteiger partial charge in [0, 0.05) is 0 Å². The van der Waals surface area contributed by atoms with Gasteiger partial charge in [-0.15, -0.1) is 0 Å². The van der Waals surface area contributed by atoms with Crippen molar-refractivity contribution < 1.29 is 9.53 Å². The van der Waals surface area contributed by atoms with Crippen LogP contribution >= 0.6 is 19.8 Å². The Balaban J connectivity index is 2.90. The summed E-state index contributed by atoms with van der Waals surface area (Å²) >= 11 is -1.54. The topological polar surface area (TPSA) is 50.1 Å². The van der Waals surface area contributed by atoms with E-state index in [4.69, 9.17) is 10.00 Å². The minimum absolute atomic E-state index is 0.315. The summed E-state index contributed by atoms with van der Waals surface area (Å²) in [6.07, 6.45) is 0. The summed E-state index contributed by atoms with van der Waals surface area (Å²) in [5.41, 5.74) is 0. The molecule has 62 valence electrons. The number of rotatable bonds is 0. The summed E-state index contributed by atoms with van der Waals surface area (Å²) < 4.78 is 4.33. The van der Waals surface area contributed by atoms with Gasteiger partial charge in [0.05, 0.1) is 0 Å². The van der Waals surface area contributed by atoms with Crippen LogP contribution in [0.5, 0.6) is 0 Å². The van der Waals surface area contributed by atoms with E-state index in [0.717, 1.165) is 0 Å². The molecule has 1 rings (SSSR count). The van der Waals surface area contributed by atoms with Crippen LogP contribution in [0.15, 0.2) is 0 Å². The Labute approximate surface area is 73.1 Å². The third-order valence-electron chi connectivity index (χ3n) is 1.71. The molecule has 0 aromatic rings. The predicted octanol–water partition coefficient (Wildman–Crippen LogP) is 1.31. The van der Waals surface area contributed by atoms with E-state index < -0.39 is 23.7 Å². The van der Waals surface area contributed by atoms with E-state index >= 15 is 0 Å². The van der Waals surface area contributed by atoms with Crippen molar-refractivity contribution in [3.8, 4) is 6.07 Å². The third kappa shape index (κ3) is 1.34. The van der Waals surface area contributed by atoms with Gasteiger partial charge in [0.2, 0.25) is 0 Å². The molecule has 0 unspecified atom stereocenters. The fourth-order valence-electron chi connectivity index (χ4n) is 0.874. The summed E-state index contributed by atoms with van der Waals surface area (Å²) in [6, 6.07) is 2.01. The van der Waals surface area contributed by atoms with Gasteiger partial charge in [-0.1, -0.05) is 0 Å². The van der Waals surface area contributed by atoms with Gasteiger partial charge in [0.15, 0.2) is 0 Å². The van der Waals surface area contributed by atoms with E-state index in [-0.39, 0.29) is 9.58 Å². The Morgan fingerprint density at radius 2 is 2.27 bits per heavy atom. The summed E-state index contributed by atoms with van der Waals surface area (Å²) in [6.45, 7) is 3.79. The van der Waals surface area contributed by atoms with Crippen molar-refractivity contribution >= 4 is 25.8 Å². The molecule has 0 amide bonds. The minimum atomic E-state index is -1.54. The molecular weight excluding hydrogens is 257 g/mol. The SMILES string of the molecule is CI1[C@@H](C#N)C(=O)OC1(C)C. The van der Waals surface area contributed by atoms with Gasteiger partial charge in [-0.2, -0.15) is 0 Å². The first-order valence-corrected chi connectivity index (χ1v) is 7.68. The average Bonchev–Trinajstić information content (AvgIpc) is 2.04.